The van der Waals surface area contributed by atoms with Crippen LogP contribution in [-0.2, 0) is 22.5 Å². The number of carboxylic acids is 1. The summed E-state index contributed by atoms with van der Waals surface area (Å²) in [6.07, 6.45) is 5.79. The first-order chi connectivity index (χ1) is 14.7. The molecule has 2 aromatic carbocycles. The smallest absolute Gasteiger partial charge is 0.328 e. The fourth-order valence-electron chi connectivity index (χ4n) is 3.43. The molecule has 0 aliphatic carbocycles. The summed E-state index contributed by atoms with van der Waals surface area (Å²) in [5, 5.41) is 10.0. The lowest BCUT2D eigenvalue weighted by Crippen LogP contribution is -2.30. The van der Waals surface area contributed by atoms with E-state index in [2.05, 4.69) is 34.3 Å². The molecule has 3 rings (SSSR count). The molecular formula is C24H29N3O3. The fourth-order valence-corrected chi connectivity index (χ4v) is 3.43. The molecule has 0 spiro atoms. The third-order valence-corrected chi connectivity index (χ3v) is 4.99. The van der Waals surface area contributed by atoms with E-state index in [-0.39, 0.29) is 0 Å². The zero-order chi connectivity index (χ0) is 21.2. The van der Waals surface area contributed by atoms with E-state index >= 15 is 0 Å². The van der Waals surface area contributed by atoms with Crippen LogP contribution in [0.2, 0.25) is 0 Å². The van der Waals surface area contributed by atoms with Gasteiger partial charge in [0.1, 0.15) is 0 Å². The maximum Gasteiger partial charge on any atom is 0.328 e. The van der Waals surface area contributed by atoms with Crippen molar-refractivity contribution < 1.29 is 14.6 Å². The molecule has 0 atom stereocenters. The molecule has 158 valence electrons. The van der Waals surface area contributed by atoms with Crippen molar-refractivity contribution in [2.75, 3.05) is 32.8 Å². The average Bonchev–Trinajstić information content (AvgIpc) is 3.17. The van der Waals surface area contributed by atoms with Crippen LogP contribution in [0.15, 0.2) is 60.8 Å². The molecule has 1 aromatic heterocycles. The van der Waals surface area contributed by atoms with Gasteiger partial charge < -0.3 is 20.6 Å². The summed E-state index contributed by atoms with van der Waals surface area (Å²) in [6, 6.07) is 16.3. The van der Waals surface area contributed by atoms with E-state index in [0.717, 1.165) is 43.2 Å². The van der Waals surface area contributed by atoms with Crippen LogP contribution in [0.5, 0.6) is 0 Å². The van der Waals surface area contributed by atoms with Gasteiger partial charge in [-0.2, -0.15) is 0 Å². The van der Waals surface area contributed by atoms with Gasteiger partial charge in [0.25, 0.3) is 0 Å². The summed E-state index contributed by atoms with van der Waals surface area (Å²) in [7, 11) is 0. The van der Waals surface area contributed by atoms with E-state index in [0.29, 0.717) is 19.8 Å². The number of rotatable bonds is 12. The average molecular weight is 408 g/mol. The molecular weight excluding hydrogens is 378 g/mol. The minimum absolute atomic E-state index is 0.528. The number of nitrogens with two attached hydrogens (primary N) is 1. The highest BCUT2D eigenvalue weighted by molar-refractivity contribution is 5.85. The number of hydrogen-bond acceptors (Lipinski definition) is 4. The number of aromatic nitrogens is 1. The Labute approximate surface area is 177 Å². The number of benzene rings is 2. The van der Waals surface area contributed by atoms with Crippen LogP contribution in [0.25, 0.3) is 17.0 Å². The first-order valence-corrected chi connectivity index (χ1v) is 10.2. The molecule has 6 heteroatoms. The lowest BCUT2D eigenvalue weighted by atomic mass is 10.1. The molecule has 4 N–H and O–H groups in total. The van der Waals surface area contributed by atoms with Crippen molar-refractivity contribution >= 4 is 22.9 Å². The molecule has 0 radical (unpaired) electrons. The van der Waals surface area contributed by atoms with Crippen molar-refractivity contribution in [1.29, 1.82) is 0 Å². The summed E-state index contributed by atoms with van der Waals surface area (Å²) < 4.78 is 5.59. The number of nitrogens with one attached hydrogen (secondary N) is 1. The van der Waals surface area contributed by atoms with Crippen molar-refractivity contribution in [1.82, 2.24) is 9.88 Å². The number of nitrogens with zero attached hydrogens (tertiary/aromatic N) is 1. The Morgan fingerprint density at radius 3 is 2.67 bits per heavy atom. The summed E-state index contributed by atoms with van der Waals surface area (Å²) in [6.45, 7) is 4.28. The summed E-state index contributed by atoms with van der Waals surface area (Å²) in [5.74, 6) is -0.944. The molecule has 0 fully saturated rings. The molecule has 0 aliphatic heterocycles. The quantitative estimate of drug-likeness (QED) is 0.317. The van der Waals surface area contributed by atoms with Crippen molar-refractivity contribution in [3.8, 4) is 0 Å². The Morgan fingerprint density at radius 2 is 1.90 bits per heavy atom. The van der Waals surface area contributed by atoms with E-state index in [4.69, 9.17) is 15.6 Å². The third kappa shape index (κ3) is 6.56. The zero-order valence-corrected chi connectivity index (χ0v) is 17.1. The SMILES string of the molecule is NCCOCCN(CCc1c[nH]c2ccccc12)Cc1ccc(/C=C/C(=O)O)cc1. The normalized spacial score (nSPS) is 11.7. The Bertz CT molecular complexity index is 963. The number of H-pyrrole nitrogens is 1. The van der Waals surface area contributed by atoms with Gasteiger partial charge in [0.05, 0.1) is 13.2 Å². The standard InChI is InChI=1S/C24H29N3O3/c25-12-15-30-16-14-27(13-11-21-17-26-23-4-2-1-3-22(21)23)18-20-7-5-19(6-8-20)9-10-24(28)29/h1-10,17,26H,11-16,18,25H2,(H,28,29)/b10-9+. The number of para-hydroxylation sites is 1. The van der Waals surface area contributed by atoms with Gasteiger partial charge in [-0.05, 0) is 35.3 Å². The van der Waals surface area contributed by atoms with E-state index in [1.165, 1.54) is 16.5 Å². The number of fused-ring (bicyclic) bond motifs is 1. The van der Waals surface area contributed by atoms with Gasteiger partial charge in [-0.1, -0.05) is 42.5 Å². The summed E-state index contributed by atoms with van der Waals surface area (Å²) >= 11 is 0. The second-order valence-electron chi connectivity index (χ2n) is 7.20. The Kier molecular flexibility index (Phi) is 8.20. The topological polar surface area (TPSA) is 91.6 Å². The molecule has 0 amide bonds. The van der Waals surface area contributed by atoms with E-state index in [1.54, 1.807) is 6.08 Å². The number of carboxylic acid groups (broad SMARTS) is 1. The van der Waals surface area contributed by atoms with Crippen LogP contribution < -0.4 is 5.73 Å². The van der Waals surface area contributed by atoms with Gasteiger partial charge in [-0.15, -0.1) is 0 Å². The van der Waals surface area contributed by atoms with Gasteiger partial charge in [0, 0.05) is 49.4 Å². The number of carbonyl (C=O) groups is 1. The Morgan fingerprint density at radius 1 is 1.10 bits per heavy atom. The first-order valence-electron chi connectivity index (χ1n) is 10.2. The van der Waals surface area contributed by atoms with Gasteiger partial charge in [-0.25, -0.2) is 4.79 Å². The zero-order valence-electron chi connectivity index (χ0n) is 17.1. The molecule has 0 saturated heterocycles. The summed E-state index contributed by atoms with van der Waals surface area (Å²) in [5.41, 5.74) is 10.0. The lowest BCUT2D eigenvalue weighted by Gasteiger charge is -2.22. The van der Waals surface area contributed by atoms with Crippen molar-refractivity contribution in [2.24, 2.45) is 5.73 Å². The predicted molar refractivity (Wildman–Crippen MR) is 120 cm³/mol. The summed E-state index contributed by atoms with van der Waals surface area (Å²) in [4.78, 5) is 16.4. The third-order valence-electron chi connectivity index (χ3n) is 4.99. The Hall–Kier alpha value is -2.93. The molecule has 0 saturated carbocycles. The molecule has 30 heavy (non-hydrogen) atoms. The first kappa shape index (κ1) is 21.8. The minimum atomic E-state index is -0.944. The second kappa shape index (κ2) is 11.3. The Balaban J connectivity index is 1.63. The van der Waals surface area contributed by atoms with Gasteiger partial charge in [0.15, 0.2) is 0 Å². The van der Waals surface area contributed by atoms with Gasteiger partial charge in [-0.3, -0.25) is 4.90 Å². The maximum atomic E-state index is 10.7. The van der Waals surface area contributed by atoms with Gasteiger partial charge >= 0.3 is 5.97 Å². The van der Waals surface area contributed by atoms with Crippen molar-refractivity contribution in [3.63, 3.8) is 0 Å². The van der Waals surface area contributed by atoms with Crippen LogP contribution in [-0.4, -0.2) is 53.8 Å². The van der Waals surface area contributed by atoms with E-state index < -0.39 is 5.97 Å². The van der Waals surface area contributed by atoms with Gasteiger partial charge in [0.2, 0.25) is 0 Å². The highest BCUT2D eigenvalue weighted by atomic mass is 16.5. The number of aromatic amines is 1. The molecule has 0 bridgehead atoms. The number of ether oxygens (including phenoxy) is 1. The largest absolute Gasteiger partial charge is 0.478 e. The van der Waals surface area contributed by atoms with E-state index in [1.807, 2.05) is 30.3 Å². The fraction of sp³-hybridized carbons (Fsp3) is 0.292. The van der Waals surface area contributed by atoms with Crippen LogP contribution in [0, 0.1) is 0 Å². The minimum Gasteiger partial charge on any atom is -0.478 e. The van der Waals surface area contributed by atoms with E-state index in [9.17, 15) is 4.79 Å². The number of aliphatic carboxylic acids is 1. The molecule has 3 aromatic rings. The highest BCUT2D eigenvalue weighted by Crippen LogP contribution is 2.19. The number of hydrogen-bond donors (Lipinski definition) is 3. The van der Waals surface area contributed by atoms with Crippen LogP contribution in [0.3, 0.4) is 0 Å². The second-order valence-corrected chi connectivity index (χ2v) is 7.20. The van der Waals surface area contributed by atoms with Crippen LogP contribution >= 0.6 is 0 Å². The van der Waals surface area contributed by atoms with Crippen molar-refractivity contribution in [3.05, 3.63) is 77.5 Å². The highest BCUT2D eigenvalue weighted by Gasteiger charge is 2.09. The monoisotopic (exact) mass is 407 g/mol. The van der Waals surface area contributed by atoms with Crippen LogP contribution in [0.1, 0.15) is 16.7 Å². The molecule has 6 nitrogen and oxygen atoms in total. The molecule has 0 aliphatic rings. The van der Waals surface area contributed by atoms with Crippen molar-refractivity contribution in [2.45, 2.75) is 13.0 Å². The predicted octanol–water partition coefficient (Wildman–Crippen LogP) is 3.29. The molecule has 1 heterocycles. The molecule has 0 unspecified atom stereocenters. The maximum absolute atomic E-state index is 10.7. The lowest BCUT2D eigenvalue weighted by molar-refractivity contribution is -0.131. The van der Waals surface area contributed by atoms with Crippen LogP contribution in [0.4, 0.5) is 0 Å².